The molecule has 0 spiro atoms. The zero-order valence-corrected chi connectivity index (χ0v) is 14.4. The minimum atomic E-state index is -1.92. The lowest BCUT2D eigenvalue weighted by molar-refractivity contribution is -0.172. The minimum Gasteiger partial charge on any atom is -0.467 e. The van der Waals surface area contributed by atoms with Gasteiger partial charge in [0.15, 0.2) is 0 Å². The summed E-state index contributed by atoms with van der Waals surface area (Å²) in [5, 5.41) is 10.8. The number of fused-ring (bicyclic) bond motifs is 1. The standard InChI is InChI=1S/C12H13BrINO4/c1-5-9(6(2)16)12(18,11(17)19-3)8-4-7(13)10(14)15(5)8/h4-5,9,18H,1-3H3/t5-,9+,12+/m1/s1. The van der Waals surface area contributed by atoms with Gasteiger partial charge in [0, 0.05) is 10.5 Å². The minimum absolute atomic E-state index is 0.240. The molecular formula is C12H13BrINO4. The van der Waals surface area contributed by atoms with Crippen LogP contribution in [0.25, 0.3) is 0 Å². The number of methoxy groups -OCH3 is 1. The third-order valence-electron chi connectivity index (χ3n) is 3.60. The first-order chi connectivity index (χ1) is 8.76. The molecule has 1 N–H and O–H groups in total. The van der Waals surface area contributed by atoms with Crippen molar-refractivity contribution in [1.82, 2.24) is 4.57 Å². The summed E-state index contributed by atoms with van der Waals surface area (Å²) in [7, 11) is 1.20. The molecule has 3 atom stereocenters. The van der Waals surface area contributed by atoms with Crippen LogP contribution in [0.4, 0.5) is 0 Å². The second kappa shape index (κ2) is 4.85. The van der Waals surface area contributed by atoms with Crippen molar-refractivity contribution in [1.29, 1.82) is 0 Å². The number of halogens is 2. The van der Waals surface area contributed by atoms with E-state index in [1.807, 2.05) is 6.92 Å². The molecule has 0 saturated heterocycles. The number of hydrogen-bond acceptors (Lipinski definition) is 4. The van der Waals surface area contributed by atoms with E-state index in [0.29, 0.717) is 5.69 Å². The predicted molar refractivity (Wildman–Crippen MR) is 79.6 cm³/mol. The maximum Gasteiger partial charge on any atom is 0.345 e. The lowest BCUT2D eigenvalue weighted by Gasteiger charge is -2.26. The van der Waals surface area contributed by atoms with Crippen molar-refractivity contribution in [2.75, 3.05) is 7.11 Å². The maximum atomic E-state index is 12.0. The number of esters is 1. The van der Waals surface area contributed by atoms with E-state index < -0.39 is 17.5 Å². The van der Waals surface area contributed by atoms with Crippen molar-refractivity contribution < 1.29 is 19.4 Å². The molecular weight excluding hydrogens is 429 g/mol. The Morgan fingerprint density at radius 3 is 2.63 bits per heavy atom. The van der Waals surface area contributed by atoms with Crippen LogP contribution in [-0.4, -0.2) is 28.5 Å². The van der Waals surface area contributed by atoms with Crippen LogP contribution < -0.4 is 0 Å². The highest BCUT2D eigenvalue weighted by atomic mass is 127. The van der Waals surface area contributed by atoms with Gasteiger partial charge in [-0.1, -0.05) is 0 Å². The fourth-order valence-electron chi connectivity index (χ4n) is 2.84. The number of aromatic nitrogens is 1. The first-order valence-corrected chi connectivity index (χ1v) is 7.51. The quantitative estimate of drug-likeness (QED) is 0.563. The Kier molecular flexibility index (Phi) is 3.83. The van der Waals surface area contributed by atoms with Gasteiger partial charge in [-0.2, -0.15) is 0 Å². The van der Waals surface area contributed by atoms with E-state index in [-0.39, 0.29) is 11.8 Å². The average Bonchev–Trinajstić information content (AvgIpc) is 2.75. The number of rotatable bonds is 2. The molecule has 0 saturated carbocycles. The molecule has 104 valence electrons. The lowest BCUT2D eigenvalue weighted by atomic mass is 9.81. The molecule has 2 rings (SSSR count). The fraction of sp³-hybridized carbons (Fsp3) is 0.500. The van der Waals surface area contributed by atoms with Crippen LogP contribution in [-0.2, 0) is 19.9 Å². The normalized spacial score (nSPS) is 29.2. The predicted octanol–water partition coefficient (Wildman–Crippen LogP) is 2.00. The summed E-state index contributed by atoms with van der Waals surface area (Å²) in [4.78, 5) is 23.9. The number of carbonyl (C=O) groups excluding carboxylic acids is 2. The molecule has 0 aromatic carbocycles. The van der Waals surface area contributed by atoms with Gasteiger partial charge >= 0.3 is 5.97 Å². The zero-order valence-electron chi connectivity index (χ0n) is 10.6. The monoisotopic (exact) mass is 441 g/mol. The number of ketones is 1. The van der Waals surface area contributed by atoms with Crippen LogP contribution in [0.1, 0.15) is 25.6 Å². The third kappa shape index (κ3) is 1.89. The highest BCUT2D eigenvalue weighted by Gasteiger charge is 2.59. The number of aliphatic hydroxyl groups is 1. The van der Waals surface area contributed by atoms with Gasteiger partial charge in [0.25, 0.3) is 0 Å². The van der Waals surface area contributed by atoms with Gasteiger partial charge in [0.05, 0.1) is 22.4 Å². The molecule has 0 radical (unpaired) electrons. The Balaban J connectivity index is 2.72. The first-order valence-electron chi connectivity index (χ1n) is 5.64. The molecule has 1 aliphatic heterocycles. The molecule has 0 fully saturated rings. The third-order valence-corrected chi connectivity index (χ3v) is 6.04. The maximum absolute atomic E-state index is 12.0. The summed E-state index contributed by atoms with van der Waals surface area (Å²) in [6, 6.07) is 1.35. The van der Waals surface area contributed by atoms with Crippen molar-refractivity contribution in [3.63, 3.8) is 0 Å². The summed E-state index contributed by atoms with van der Waals surface area (Å²) in [5.41, 5.74) is -1.53. The molecule has 7 heteroatoms. The van der Waals surface area contributed by atoms with Crippen molar-refractivity contribution in [3.8, 4) is 0 Å². The summed E-state index contributed by atoms with van der Waals surface area (Å²) in [5.74, 6) is -1.88. The summed E-state index contributed by atoms with van der Waals surface area (Å²) in [6.07, 6.45) is 0. The van der Waals surface area contributed by atoms with Crippen LogP contribution in [0.5, 0.6) is 0 Å². The van der Waals surface area contributed by atoms with Gasteiger partial charge in [-0.3, -0.25) is 4.79 Å². The number of carbonyl (C=O) groups is 2. The second-order valence-corrected chi connectivity index (χ2v) is 6.50. The van der Waals surface area contributed by atoms with E-state index in [0.717, 1.165) is 8.17 Å². The summed E-state index contributed by atoms with van der Waals surface area (Å²) < 4.78 is 8.12. The number of hydrogen-bond donors (Lipinski definition) is 1. The van der Waals surface area contributed by atoms with Crippen LogP contribution >= 0.6 is 38.5 Å². The zero-order chi connectivity index (χ0) is 14.5. The molecule has 19 heavy (non-hydrogen) atoms. The number of ether oxygens (including phenoxy) is 1. The van der Waals surface area contributed by atoms with E-state index >= 15 is 0 Å². The smallest absolute Gasteiger partial charge is 0.345 e. The van der Waals surface area contributed by atoms with Gasteiger partial charge < -0.3 is 14.4 Å². The fourth-order valence-corrected chi connectivity index (χ4v) is 4.10. The van der Waals surface area contributed by atoms with Crippen molar-refractivity contribution in [3.05, 3.63) is 19.9 Å². The van der Waals surface area contributed by atoms with E-state index in [4.69, 9.17) is 4.74 Å². The number of Topliss-reactive ketones (excluding diaryl/α,β-unsaturated/α-hetero) is 1. The molecule has 0 unspecified atom stereocenters. The van der Waals surface area contributed by atoms with Gasteiger partial charge in [-0.15, -0.1) is 0 Å². The molecule has 1 aliphatic rings. The molecule has 1 aromatic heterocycles. The topological polar surface area (TPSA) is 68.5 Å². The van der Waals surface area contributed by atoms with Gasteiger partial charge in [-0.05, 0) is 58.4 Å². The SMILES string of the molecule is COC(=O)[C@]1(O)c2cc(Br)c(I)n2[C@H](C)[C@H]1C(C)=O. The first kappa shape index (κ1) is 15.0. The molecule has 0 bridgehead atoms. The van der Waals surface area contributed by atoms with Gasteiger partial charge in [-0.25, -0.2) is 4.79 Å². The Labute approximate surface area is 132 Å². The highest BCUT2D eigenvalue weighted by molar-refractivity contribution is 14.1. The van der Waals surface area contributed by atoms with Crippen molar-refractivity contribution >= 4 is 50.3 Å². The van der Waals surface area contributed by atoms with E-state index in [9.17, 15) is 14.7 Å². The molecule has 5 nitrogen and oxygen atoms in total. The van der Waals surface area contributed by atoms with E-state index in [2.05, 4.69) is 38.5 Å². The molecule has 0 aliphatic carbocycles. The van der Waals surface area contributed by atoms with E-state index in [1.54, 1.807) is 10.6 Å². The Morgan fingerprint density at radius 1 is 1.58 bits per heavy atom. The largest absolute Gasteiger partial charge is 0.467 e. The van der Waals surface area contributed by atoms with Crippen LogP contribution in [0.2, 0.25) is 0 Å². The van der Waals surface area contributed by atoms with Crippen molar-refractivity contribution in [2.24, 2.45) is 5.92 Å². The van der Waals surface area contributed by atoms with Crippen LogP contribution in [0.15, 0.2) is 10.5 Å². The summed E-state index contributed by atoms with van der Waals surface area (Å²) >= 11 is 5.48. The molecule has 1 aromatic rings. The Morgan fingerprint density at radius 2 is 2.16 bits per heavy atom. The van der Waals surface area contributed by atoms with Crippen LogP contribution in [0, 0.1) is 9.62 Å². The van der Waals surface area contributed by atoms with Crippen LogP contribution in [0.3, 0.4) is 0 Å². The Bertz CT molecular complexity index is 570. The molecule has 0 amide bonds. The van der Waals surface area contributed by atoms with Gasteiger partial charge in [0.1, 0.15) is 5.78 Å². The summed E-state index contributed by atoms with van der Waals surface area (Å²) in [6.45, 7) is 3.19. The highest BCUT2D eigenvalue weighted by Crippen LogP contribution is 2.49. The number of nitrogens with zero attached hydrogens (tertiary/aromatic N) is 1. The van der Waals surface area contributed by atoms with Gasteiger partial charge in [0.2, 0.25) is 5.60 Å². The average molecular weight is 442 g/mol. The Hall–Kier alpha value is -0.410. The van der Waals surface area contributed by atoms with Crippen molar-refractivity contribution in [2.45, 2.75) is 25.5 Å². The van der Waals surface area contributed by atoms with E-state index in [1.165, 1.54) is 14.0 Å². The lowest BCUT2D eigenvalue weighted by Crippen LogP contribution is -2.44. The molecule has 2 heterocycles. The second-order valence-electron chi connectivity index (χ2n) is 4.63.